The van der Waals surface area contributed by atoms with Crippen molar-refractivity contribution in [3.05, 3.63) is 41.5 Å². The molecule has 0 radical (unpaired) electrons. The van der Waals surface area contributed by atoms with E-state index >= 15 is 0 Å². The molecule has 100 valence electrons. The molecule has 1 aliphatic rings. The number of quaternary nitrogens is 1. The second-order valence-electron chi connectivity index (χ2n) is 4.59. The summed E-state index contributed by atoms with van der Waals surface area (Å²) in [7, 11) is 0. The first-order valence-electron chi connectivity index (χ1n) is 6.35. The van der Waals surface area contributed by atoms with Crippen LogP contribution in [-0.2, 0) is 5.75 Å². The number of benzene rings is 1. The predicted octanol–water partition coefficient (Wildman–Crippen LogP) is 1.90. The van der Waals surface area contributed by atoms with E-state index < -0.39 is 0 Å². The van der Waals surface area contributed by atoms with Crippen molar-refractivity contribution in [2.24, 2.45) is 0 Å². The minimum Gasteiger partial charge on any atom is -0.410 e. The Balaban J connectivity index is 1.59. The highest BCUT2D eigenvalue weighted by Gasteiger charge is 2.26. The molecule has 0 saturated carbocycles. The van der Waals surface area contributed by atoms with E-state index in [0.717, 1.165) is 24.4 Å². The molecule has 6 heteroatoms. The maximum absolute atomic E-state index is 12.8. The molecule has 3 rings (SSSR count). The van der Waals surface area contributed by atoms with Crippen molar-refractivity contribution in [1.82, 2.24) is 10.2 Å². The van der Waals surface area contributed by atoms with E-state index in [4.69, 9.17) is 4.42 Å². The van der Waals surface area contributed by atoms with E-state index in [0.29, 0.717) is 17.0 Å². The fourth-order valence-electron chi connectivity index (χ4n) is 2.15. The first-order chi connectivity index (χ1) is 9.31. The summed E-state index contributed by atoms with van der Waals surface area (Å²) in [6, 6.07) is 6.78. The second kappa shape index (κ2) is 5.71. The van der Waals surface area contributed by atoms with E-state index in [1.54, 1.807) is 12.1 Å². The van der Waals surface area contributed by atoms with Crippen molar-refractivity contribution in [2.45, 2.75) is 29.9 Å². The lowest BCUT2D eigenvalue weighted by Gasteiger charge is -1.99. The fourth-order valence-corrected chi connectivity index (χ4v) is 2.88. The van der Waals surface area contributed by atoms with Crippen LogP contribution < -0.4 is 5.32 Å². The van der Waals surface area contributed by atoms with Crippen LogP contribution in [0.2, 0.25) is 0 Å². The number of rotatable bonds is 4. The number of hydrogen-bond acceptors (Lipinski definition) is 4. The molecule has 0 amide bonds. The zero-order valence-corrected chi connectivity index (χ0v) is 11.2. The maximum atomic E-state index is 12.8. The molecule has 1 saturated heterocycles. The van der Waals surface area contributed by atoms with Gasteiger partial charge in [0.2, 0.25) is 0 Å². The van der Waals surface area contributed by atoms with Gasteiger partial charge in [-0.25, -0.2) is 4.39 Å². The molecule has 0 aliphatic carbocycles. The van der Waals surface area contributed by atoms with Crippen LogP contribution in [-0.4, -0.2) is 16.7 Å². The number of nitrogens with zero attached hydrogens (tertiary/aromatic N) is 2. The third kappa shape index (κ3) is 3.13. The first kappa shape index (κ1) is 12.6. The molecule has 1 aliphatic heterocycles. The molecular weight excluding hydrogens is 265 g/mol. The van der Waals surface area contributed by atoms with Crippen molar-refractivity contribution in [3.8, 4) is 0 Å². The van der Waals surface area contributed by atoms with Crippen LogP contribution in [0, 0.1) is 5.82 Å². The van der Waals surface area contributed by atoms with Crippen LogP contribution in [0.15, 0.2) is 33.9 Å². The Labute approximate surface area is 114 Å². The number of halogens is 1. The summed E-state index contributed by atoms with van der Waals surface area (Å²) >= 11 is 1.48. The van der Waals surface area contributed by atoms with Crippen LogP contribution >= 0.6 is 11.8 Å². The SMILES string of the molecule is Fc1ccc(CSc2nnc([C@H]3CCC[NH2+]3)o2)cc1. The molecule has 2 heterocycles. The lowest BCUT2D eigenvalue weighted by atomic mass is 10.2. The quantitative estimate of drug-likeness (QED) is 0.869. The van der Waals surface area contributed by atoms with Crippen molar-refractivity contribution in [1.29, 1.82) is 0 Å². The molecule has 0 bridgehead atoms. The smallest absolute Gasteiger partial charge is 0.277 e. The third-order valence-electron chi connectivity index (χ3n) is 3.19. The van der Waals surface area contributed by atoms with Crippen molar-refractivity contribution >= 4 is 11.8 Å². The minimum absolute atomic E-state index is 0.217. The summed E-state index contributed by atoms with van der Waals surface area (Å²) in [6.07, 6.45) is 2.30. The lowest BCUT2D eigenvalue weighted by Crippen LogP contribution is -2.81. The summed E-state index contributed by atoms with van der Waals surface area (Å²) in [5.74, 6) is 1.21. The molecule has 0 spiro atoms. The highest BCUT2D eigenvalue weighted by atomic mass is 32.2. The molecule has 0 unspecified atom stereocenters. The topological polar surface area (TPSA) is 55.5 Å². The predicted molar refractivity (Wildman–Crippen MR) is 69.0 cm³/mol. The molecule has 19 heavy (non-hydrogen) atoms. The maximum Gasteiger partial charge on any atom is 0.277 e. The second-order valence-corrected chi connectivity index (χ2v) is 5.52. The summed E-state index contributed by atoms with van der Waals surface area (Å²) in [5, 5.41) is 11.0. The summed E-state index contributed by atoms with van der Waals surface area (Å²) < 4.78 is 18.4. The lowest BCUT2D eigenvalue weighted by molar-refractivity contribution is -0.678. The molecule has 2 aromatic rings. The van der Waals surface area contributed by atoms with Crippen LogP contribution in [0.3, 0.4) is 0 Å². The molecule has 4 nitrogen and oxygen atoms in total. The van der Waals surface area contributed by atoms with Gasteiger partial charge in [0.25, 0.3) is 11.1 Å². The molecule has 1 atom stereocenters. The summed E-state index contributed by atoms with van der Waals surface area (Å²) in [5.41, 5.74) is 1.04. The molecule has 1 fully saturated rings. The highest BCUT2D eigenvalue weighted by Crippen LogP contribution is 2.24. The van der Waals surface area contributed by atoms with E-state index in [-0.39, 0.29) is 5.82 Å². The first-order valence-corrected chi connectivity index (χ1v) is 7.34. The van der Waals surface area contributed by atoms with Gasteiger partial charge in [0.05, 0.1) is 6.54 Å². The van der Waals surface area contributed by atoms with Gasteiger partial charge < -0.3 is 9.73 Å². The van der Waals surface area contributed by atoms with Crippen molar-refractivity contribution in [2.75, 3.05) is 6.54 Å². The van der Waals surface area contributed by atoms with E-state index in [1.807, 2.05) is 0 Å². The van der Waals surface area contributed by atoms with Crippen LogP contribution in [0.25, 0.3) is 0 Å². The Morgan fingerprint density at radius 3 is 2.89 bits per heavy atom. The van der Waals surface area contributed by atoms with Gasteiger partial charge in [-0.15, -0.1) is 10.2 Å². The van der Waals surface area contributed by atoms with E-state index in [1.165, 1.54) is 30.3 Å². The van der Waals surface area contributed by atoms with Crippen LogP contribution in [0.1, 0.15) is 30.3 Å². The van der Waals surface area contributed by atoms with Gasteiger partial charge in [-0.2, -0.15) is 0 Å². The number of hydrogen-bond donors (Lipinski definition) is 1. The van der Waals surface area contributed by atoms with Gasteiger partial charge in [-0.3, -0.25) is 0 Å². The zero-order valence-electron chi connectivity index (χ0n) is 10.4. The fraction of sp³-hybridized carbons (Fsp3) is 0.385. The Bertz CT molecular complexity index is 537. The largest absolute Gasteiger partial charge is 0.410 e. The normalized spacial score (nSPS) is 18.9. The van der Waals surface area contributed by atoms with E-state index in [9.17, 15) is 4.39 Å². The van der Waals surface area contributed by atoms with Gasteiger partial charge in [0.15, 0.2) is 6.04 Å². The average molecular weight is 280 g/mol. The summed E-state index contributed by atoms with van der Waals surface area (Å²) in [4.78, 5) is 0. The van der Waals surface area contributed by atoms with E-state index in [2.05, 4.69) is 15.5 Å². The Morgan fingerprint density at radius 1 is 1.32 bits per heavy atom. The van der Waals surface area contributed by atoms with Crippen LogP contribution in [0.4, 0.5) is 4.39 Å². The number of aromatic nitrogens is 2. The standard InChI is InChI=1S/C13H14FN3OS/c14-10-5-3-9(4-6-10)8-19-13-17-16-12(18-13)11-2-1-7-15-11/h3-6,11,15H,1-2,7-8H2/p+1/t11-/m1/s1. The minimum atomic E-state index is -0.217. The third-order valence-corrected chi connectivity index (χ3v) is 4.07. The van der Waals surface area contributed by atoms with Gasteiger partial charge in [0, 0.05) is 18.6 Å². The Hall–Kier alpha value is -1.40. The number of thioether (sulfide) groups is 1. The molecule has 2 N–H and O–H groups in total. The average Bonchev–Trinajstić information content (AvgIpc) is 3.09. The van der Waals surface area contributed by atoms with Gasteiger partial charge in [0.1, 0.15) is 5.82 Å². The van der Waals surface area contributed by atoms with Crippen LogP contribution in [0.5, 0.6) is 0 Å². The number of nitrogens with two attached hydrogens (primary N) is 1. The van der Waals surface area contributed by atoms with Crippen molar-refractivity contribution < 1.29 is 14.1 Å². The highest BCUT2D eigenvalue weighted by molar-refractivity contribution is 7.98. The van der Waals surface area contributed by atoms with Gasteiger partial charge >= 0.3 is 0 Å². The van der Waals surface area contributed by atoms with Crippen molar-refractivity contribution in [3.63, 3.8) is 0 Å². The Kier molecular flexibility index (Phi) is 3.79. The Morgan fingerprint density at radius 2 is 2.16 bits per heavy atom. The van der Waals surface area contributed by atoms with Gasteiger partial charge in [-0.1, -0.05) is 23.9 Å². The summed E-state index contributed by atoms with van der Waals surface area (Å²) in [6.45, 7) is 1.13. The molecule has 1 aromatic heterocycles. The molecular formula is C13H15FN3OS+. The zero-order chi connectivity index (χ0) is 13.1. The monoisotopic (exact) mass is 280 g/mol. The molecule has 1 aromatic carbocycles. The van der Waals surface area contributed by atoms with Gasteiger partial charge in [-0.05, 0) is 17.7 Å².